The number of carbonyl (C=O) groups excluding carboxylic acids is 1. The van der Waals surface area contributed by atoms with Crippen molar-refractivity contribution in [3.8, 4) is 17.0 Å². The molecule has 2 N–H and O–H groups in total. The summed E-state index contributed by atoms with van der Waals surface area (Å²) in [4.78, 5) is 17.4. The van der Waals surface area contributed by atoms with E-state index in [9.17, 15) is 13.6 Å². The van der Waals surface area contributed by atoms with E-state index in [1.807, 2.05) is 0 Å². The van der Waals surface area contributed by atoms with E-state index in [1.165, 1.54) is 28.9 Å². The maximum absolute atomic E-state index is 13.2. The number of aromatic nitrogens is 5. The molecule has 0 radical (unpaired) electrons. The molecule has 1 amide bonds. The van der Waals surface area contributed by atoms with Gasteiger partial charge in [-0.25, -0.2) is 9.50 Å². The Morgan fingerprint density at radius 2 is 2.09 bits per heavy atom. The lowest BCUT2D eigenvalue weighted by atomic mass is 10.1. The van der Waals surface area contributed by atoms with Crippen LogP contribution in [0.2, 0.25) is 5.02 Å². The molecule has 1 fully saturated rings. The van der Waals surface area contributed by atoms with Crippen LogP contribution in [0, 0.1) is 0 Å². The molecule has 1 aromatic carbocycles. The number of hydrogen-bond donors (Lipinski definition) is 2. The number of halogens is 4. The molecule has 0 bridgehead atoms. The fourth-order valence-electron chi connectivity index (χ4n) is 4.00. The minimum atomic E-state index is -3.03. The second-order valence-electron chi connectivity index (χ2n) is 7.77. The molecular weight excluding hydrogens is 503 g/mol. The minimum Gasteiger partial charge on any atom is -0.434 e. The maximum atomic E-state index is 13.2. The van der Waals surface area contributed by atoms with Gasteiger partial charge in [0.15, 0.2) is 5.65 Å². The number of carbonyl (C=O) groups is 1. The molecular formula is C22H21Cl2F2N7O2. The zero-order valence-corrected chi connectivity index (χ0v) is 19.8. The van der Waals surface area contributed by atoms with Gasteiger partial charge in [0.2, 0.25) is 0 Å². The van der Waals surface area contributed by atoms with E-state index < -0.39 is 12.5 Å². The molecule has 5 rings (SSSR count). The standard InChI is InChI=1S/C22H20ClF2N7O2.ClH/c23-13-2-3-18(34-22(24)25)15(10-13)19-17(12-32(30-19)14-4-7-26-8-5-14)29-21(33)16-11-28-31-9-1-6-27-20(16)31;/h1-3,6,9-12,14,22,26H,4-5,7-8H2,(H,29,33);1H. The number of piperidine rings is 1. The molecule has 0 spiro atoms. The van der Waals surface area contributed by atoms with Crippen LogP contribution in [0.1, 0.15) is 29.2 Å². The van der Waals surface area contributed by atoms with Crippen LogP contribution in [-0.4, -0.2) is 50.0 Å². The Balaban J connectivity index is 0.00000289. The Morgan fingerprint density at radius 3 is 2.86 bits per heavy atom. The monoisotopic (exact) mass is 523 g/mol. The molecule has 0 unspecified atom stereocenters. The fourth-order valence-corrected chi connectivity index (χ4v) is 4.18. The van der Waals surface area contributed by atoms with Crippen molar-refractivity contribution in [3.05, 3.63) is 59.6 Å². The third-order valence-corrected chi connectivity index (χ3v) is 5.83. The van der Waals surface area contributed by atoms with Gasteiger partial charge in [-0.15, -0.1) is 12.4 Å². The summed E-state index contributed by atoms with van der Waals surface area (Å²) < 4.78 is 34.1. The first-order chi connectivity index (χ1) is 16.5. The number of nitrogens with zero attached hydrogens (tertiary/aromatic N) is 5. The summed E-state index contributed by atoms with van der Waals surface area (Å²) in [6.07, 6.45) is 8.04. The summed E-state index contributed by atoms with van der Waals surface area (Å²) in [6.45, 7) is -1.38. The minimum absolute atomic E-state index is 0. The van der Waals surface area contributed by atoms with Crippen LogP contribution >= 0.6 is 24.0 Å². The van der Waals surface area contributed by atoms with Crippen molar-refractivity contribution < 1.29 is 18.3 Å². The molecule has 4 heterocycles. The van der Waals surface area contributed by atoms with Crippen LogP contribution < -0.4 is 15.4 Å². The molecule has 3 aromatic heterocycles. The average molecular weight is 524 g/mol. The van der Waals surface area contributed by atoms with Crippen LogP contribution in [0.25, 0.3) is 16.9 Å². The summed E-state index contributed by atoms with van der Waals surface area (Å²) in [5.41, 5.74) is 1.50. The van der Waals surface area contributed by atoms with Gasteiger partial charge in [-0.3, -0.25) is 9.48 Å². The lowest BCUT2D eigenvalue weighted by Crippen LogP contribution is -2.29. The zero-order chi connectivity index (χ0) is 23.7. The summed E-state index contributed by atoms with van der Waals surface area (Å²) >= 11 is 6.17. The third kappa shape index (κ3) is 5.21. The highest BCUT2D eigenvalue weighted by atomic mass is 35.5. The first-order valence-electron chi connectivity index (χ1n) is 10.6. The number of benzene rings is 1. The summed E-state index contributed by atoms with van der Waals surface area (Å²) in [7, 11) is 0. The summed E-state index contributed by atoms with van der Waals surface area (Å²) in [5, 5.41) is 15.3. The molecule has 4 aromatic rings. The van der Waals surface area contributed by atoms with Gasteiger partial charge in [-0.05, 0) is 50.2 Å². The third-order valence-electron chi connectivity index (χ3n) is 5.60. The smallest absolute Gasteiger partial charge is 0.387 e. The van der Waals surface area contributed by atoms with E-state index in [0.29, 0.717) is 16.4 Å². The number of hydrogen-bond acceptors (Lipinski definition) is 6. The number of ether oxygens (including phenoxy) is 1. The largest absolute Gasteiger partial charge is 0.434 e. The molecule has 35 heavy (non-hydrogen) atoms. The topological polar surface area (TPSA) is 98.4 Å². The van der Waals surface area contributed by atoms with E-state index >= 15 is 0 Å². The van der Waals surface area contributed by atoms with Crippen molar-refractivity contribution in [1.29, 1.82) is 0 Å². The Labute approximate surface area is 209 Å². The van der Waals surface area contributed by atoms with E-state index in [-0.39, 0.29) is 41.0 Å². The normalized spacial score (nSPS) is 14.2. The number of alkyl halides is 2. The highest BCUT2D eigenvalue weighted by Gasteiger charge is 2.24. The first kappa shape index (κ1) is 24.8. The molecule has 184 valence electrons. The van der Waals surface area contributed by atoms with Gasteiger partial charge in [-0.2, -0.15) is 19.0 Å². The number of rotatable bonds is 6. The van der Waals surface area contributed by atoms with Crippen LogP contribution in [0.15, 0.2) is 49.1 Å². The van der Waals surface area contributed by atoms with Gasteiger partial charge in [0.1, 0.15) is 17.0 Å². The van der Waals surface area contributed by atoms with Gasteiger partial charge in [0, 0.05) is 29.2 Å². The van der Waals surface area contributed by atoms with Crippen molar-refractivity contribution >= 4 is 41.2 Å². The Hall–Kier alpha value is -3.28. The van der Waals surface area contributed by atoms with Crippen molar-refractivity contribution in [1.82, 2.24) is 29.7 Å². The van der Waals surface area contributed by atoms with E-state index in [1.54, 1.807) is 29.3 Å². The molecule has 0 atom stereocenters. The van der Waals surface area contributed by atoms with Crippen molar-refractivity contribution in [2.75, 3.05) is 18.4 Å². The lowest BCUT2D eigenvalue weighted by Gasteiger charge is -2.22. The second-order valence-corrected chi connectivity index (χ2v) is 8.21. The van der Waals surface area contributed by atoms with E-state index in [0.717, 1.165) is 25.9 Å². The SMILES string of the molecule is Cl.O=C(Nc1cn(C2CCNCC2)nc1-c1cc(Cl)ccc1OC(F)F)c1cnn2cccnc12. The molecule has 1 aliphatic rings. The quantitative estimate of drug-likeness (QED) is 0.387. The van der Waals surface area contributed by atoms with Crippen LogP contribution in [0.3, 0.4) is 0 Å². The molecule has 13 heteroatoms. The van der Waals surface area contributed by atoms with Gasteiger partial charge in [0.25, 0.3) is 5.91 Å². The second kappa shape index (κ2) is 10.5. The van der Waals surface area contributed by atoms with Crippen molar-refractivity contribution in [3.63, 3.8) is 0 Å². The van der Waals surface area contributed by atoms with Crippen LogP contribution in [0.4, 0.5) is 14.5 Å². The van der Waals surface area contributed by atoms with E-state index in [2.05, 4.69) is 25.8 Å². The first-order valence-corrected chi connectivity index (χ1v) is 11.0. The zero-order valence-electron chi connectivity index (χ0n) is 18.2. The number of amides is 1. The predicted octanol–water partition coefficient (Wildman–Crippen LogP) is 4.45. The average Bonchev–Trinajstić information content (AvgIpc) is 3.45. The lowest BCUT2D eigenvalue weighted by molar-refractivity contribution is -0.0494. The highest BCUT2D eigenvalue weighted by molar-refractivity contribution is 6.31. The predicted molar refractivity (Wildman–Crippen MR) is 129 cm³/mol. The highest BCUT2D eigenvalue weighted by Crippen LogP contribution is 2.38. The van der Waals surface area contributed by atoms with Gasteiger partial charge in [-0.1, -0.05) is 11.6 Å². The van der Waals surface area contributed by atoms with Gasteiger partial charge < -0.3 is 15.4 Å². The summed E-state index contributed by atoms with van der Waals surface area (Å²) in [6, 6.07) is 6.08. The van der Waals surface area contributed by atoms with Crippen molar-refractivity contribution in [2.24, 2.45) is 0 Å². The molecule has 1 aliphatic heterocycles. The molecule has 1 saturated heterocycles. The van der Waals surface area contributed by atoms with E-state index in [4.69, 9.17) is 16.3 Å². The molecule has 9 nitrogen and oxygen atoms in total. The van der Waals surface area contributed by atoms with Gasteiger partial charge >= 0.3 is 6.61 Å². The number of fused-ring (bicyclic) bond motifs is 1. The van der Waals surface area contributed by atoms with Crippen LogP contribution in [-0.2, 0) is 0 Å². The molecule has 0 aliphatic carbocycles. The fraction of sp³-hybridized carbons (Fsp3) is 0.273. The number of anilines is 1. The van der Waals surface area contributed by atoms with Gasteiger partial charge in [0.05, 0.1) is 17.9 Å². The Kier molecular flexibility index (Phi) is 7.48. The van der Waals surface area contributed by atoms with Crippen LogP contribution in [0.5, 0.6) is 5.75 Å². The summed E-state index contributed by atoms with van der Waals surface area (Å²) in [5.74, 6) is -0.554. The van der Waals surface area contributed by atoms with Crippen molar-refractivity contribution in [2.45, 2.75) is 25.5 Å². The molecule has 0 saturated carbocycles. The Bertz CT molecular complexity index is 1340. The number of nitrogens with one attached hydrogen (secondary N) is 2. The Morgan fingerprint density at radius 1 is 1.29 bits per heavy atom. The maximum Gasteiger partial charge on any atom is 0.387 e.